The Morgan fingerprint density at radius 2 is 1.89 bits per heavy atom. The number of amides is 1. The van der Waals surface area contributed by atoms with Crippen molar-refractivity contribution < 1.29 is 22.7 Å². The summed E-state index contributed by atoms with van der Waals surface area (Å²) in [6.45, 7) is 3.33. The highest BCUT2D eigenvalue weighted by Crippen LogP contribution is 2.33. The van der Waals surface area contributed by atoms with Gasteiger partial charge in [0.05, 0.1) is 5.54 Å². The molecule has 0 unspecified atom stereocenters. The summed E-state index contributed by atoms with van der Waals surface area (Å²) in [7, 11) is 1.87. The lowest BCUT2D eigenvalue weighted by Gasteiger charge is -2.32. The summed E-state index contributed by atoms with van der Waals surface area (Å²) in [4.78, 5) is 12.6. The highest BCUT2D eigenvalue weighted by molar-refractivity contribution is 5.96. The number of nitrogens with two attached hydrogens (primary N) is 1. The second-order valence-corrected chi connectivity index (χ2v) is 9.21. The van der Waals surface area contributed by atoms with Gasteiger partial charge in [-0.15, -0.1) is 13.2 Å². The molecule has 1 saturated heterocycles. The van der Waals surface area contributed by atoms with Gasteiger partial charge in [-0.05, 0) is 74.8 Å². The quantitative estimate of drug-likeness (QED) is 0.336. The Morgan fingerprint density at radius 1 is 1.17 bits per heavy atom. The fourth-order valence-corrected chi connectivity index (χ4v) is 4.64. The number of nitrogens with one attached hydrogen (secondary N) is 3. The van der Waals surface area contributed by atoms with Crippen molar-refractivity contribution in [3.63, 3.8) is 0 Å². The van der Waals surface area contributed by atoms with E-state index in [0.29, 0.717) is 38.9 Å². The largest absolute Gasteiger partial charge is 0.573 e. The molecule has 0 atom stereocenters. The molecule has 0 spiro atoms. The number of aromatic nitrogens is 1. The number of benzene rings is 2. The van der Waals surface area contributed by atoms with Crippen LogP contribution < -0.4 is 26.4 Å². The van der Waals surface area contributed by atoms with E-state index in [1.807, 2.05) is 13.2 Å². The van der Waals surface area contributed by atoms with Crippen LogP contribution in [0.15, 0.2) is 48.7 Å². The number of hydrogen-bond donors (Lipinski definition) is 4. The van der Waals surface area contributed by atoms with Crippen molar-refractivity contribution >= 4 is 16.8 Å². The van der Waals surface area contributed by atoms with Crippen molar-refractivity contribution in [2.75, 3.05) is 26.7 Å². The number of carbonyl (C=O) groups excluding carboxylic acids is 1. The van der Waals surface area contributed by atoms with E-state index in [9.17, 15) is 18.0 Å². The van der Waals surface area contributed by atoms with Gasteiger partial charge >= 0.3 is 6.36 Å². The molecule has 1 aliphatic rings. The van der Waals surface area contributed by atoms with Crippen molar-refractivity contribution in [3.8, 4) is 16.9 Å². The Hall–Kier alpha value is -3.08. The SMILES string of the molecule is CNCc1ccc2c(c1)c(-c1ccc(OC(F)(F)F)cc1)cn2CCCNC(=O)C1(N)CCNCC1. The van der Waals surface area contributed by atoms with Gasteiger partial charge in [0.15, 0.2) is 0 Å². The predicted molar refractivity (Wildman–Crippen MR) is 133 cm³/mol. The van der Waals surface area contributed by atoms with Crippen molar-refractivity contribution in [1.82, 2.24) is 20.5 Å². The van der Waals surface area contributed by atoms with E-state index in [0.717, 1.165) is 40.7 Å². The van der Waals surface area contributed by atoms with E-state index in [-0.39, 0.29) is 11.7 Å². The number of halogens is 3. The fourth-order valence-electron chi connectivity index (χ4n) is 4.64. The summed E-state index contributed by atoms with van der Waals surface area (Å²) in [6.07, 6.45) is -0.781. The lowest BCUT2D eigenvalue weighted by atomic mass is 9.88. The first kappa shape index (κ1) is 26.0. The molecule has 36 heavy (non-hydrogen) atoms. The third kappa shape index (κ3) is 6.18. The lowest BCUT2D eigenvalue weighted by molar-refractivity contribution is -0.274. The van der Waals surface area contributed by atoms with Gasteiger partial charge in [0, 0.05) is 42.3 Å². The molecule has 0 radical (unpaired) electrons. The summed E-state index contributed by atoms with van der Waals surface area (Å²) < 4.78 is 43.8. The topological polar surface area (TPSA) is 93.3 Å². The molecule has 194 valence electrons. The minimum Gasteiger partial charge on any atom is -0.406 e. The number of fused-ring (bicyclic) bond motifs is 1. The third-order valence-electron chi connectivity index (χ3n) is 6.53. The summed E-state index contributed by atoms with van der Waals surface area (Å²) in [5.74, 6) is -0.368. The summed E-state index contributed by atoms with van der Waals surface area (Å²) in [5, 5.41) is 10.3. The molecule has 1 amide bonds. The first-order valence-electron chi connectivity index (χ1n) is 12.1. The second kappa shape index (κ2) is 10.9. The molecule has 0 aliphatic carbocycles. The maximum absolute atomic E-state index is 12.6. The van der Waals surface area contributed by atoms with Crippen LogP contribution in [0, 0.1) is 0 Å². The Bertz CT molecular complexity index is 1180. The van der Waals surface area contributed by atoms with Gasteiger partial charge in [-0.2, -0.15) is 0 Å². The molecule has 1 aromatic heterocycles. The maximum atomic E-state index is 12.6. The molecule has 1 fully saturated rings. The first-order valence-corrected chi connectivity index (χ1v) is 12.1. The van der Waals surface area contributed by atoms with Crippen LogP contribution in [0.2, 0.25) is 0 Å². The van der Waals surface area contributed by atoms with Crippen molar-refractivity contribution in [2.45, 2.75) is 44.3 Å². The molecular formula is C26H32F3N5O2. The van der Waals surface area contributed by atoms with Crippen LogP contribution in [-0.2, 0) is 17.9 Å². The van der Waals surface area contributed by atoms with E-state index in [1.54, 1.807) is 12.1 Å². The van der Waals surface area contributed by atoms with Crippen LogP contribution in [0.25, 0.3) is 22.0 Å². The highest BCUT2D eigenvalue weighted by Gasteiger charge is 2.35. The standard InChI is InChI=1S/C26H32F3N5O2/c1-31-16-18-3-8-23-21(15-18)22(19-4-6-20(7-5-19)36-26(27,28)29)17-34(23)14-2-11-33-24(35)25(30)9-12-32-13-10-25/h3-8,15,17,31-32H,2,9-14,16,30H2,1H3,(H,33,35). The molecule has 4 rings (SSSR count). The Balaban J connectivity index is 1.51. The van der Waals surface area contributed by atoms with Gasteiger partial charge < -0.3 is 31.0 Å². The lowest BCUT2D eigenvalue weighted by Crippen LogP contribution is -2.59. The number of ether oxygens (including phenoxy) is 1. The second-order valence-electron chi connectivity index (χ2n) is 9.21. The third-order valence-corrected chi connectivity index (χ3v) is 6.53. The number of nitrogens with zero attached hydrogens (tertiary/aromatic N) is 1. The minimum absolute atomic E-state index is 0.111. The van der Waals surface area contributed by atoms with E-state index in [4.69, 9.17) is 5.73 Å². The summed E-state index contributed by atoms with van der Waals surface area (Å²) in [5.41, 5.74) is 9.30. The summed E-state index contributed by atoms with van der Waals surface area (Å²) >= 11 is 0. The number of alkyl halides is 3. The molecule has 3 aromatic rings. The average Bonchev–Trinajstić information content (AvgIpc) is 3.19. The summed E-state index contributed by atoms with van der Waals surface area (Å²) in [6, 6.07) is 12.1. The normalized spacial score (nSPS) is 15.7. The van der Waals surface area contributed by atoms with Gasteiger partial charge in [0.1, 0.15) is 5.75 Å². The molecule has 5 N–H and O–H groups in total. The molecule has 2 heterocycles. The molecule has 0 saturated carbocycles. The van der Waals surface area contributed by atoms with E-state index >= 15 is 0 Å². The van der Waals surface area contributed by atoms with Crippen LogP contribution in [-0.4, -0.2) is 49.1 Å². The van der Waals surface area contributed by atoms with Gasteiger partial charge in [0.25, 0.3) is 0 Å². The zero-order chi connectivity index (χ0) is 25.8. The molecular weight excluding hydrogens is 471 g/mol. The number of piperidine rings is 1. The van der Waals surface area contributed by atoms with Crippen molar-refractivity contribution in [1.29, 1.82) is 0 Å². The van der Waals surface area contributed by atoms with E-state index < -0.39 is 11.9 Å². The highest BCUT2D eigenvalue weighted by atomic mass is 19.4. The van der Waals surface area contributed by atoms with E-state index in [1.165, 1.54) is 12.1 Å². The van der Waals surface area contributed by atoms with E-state index in [2.05, 4.69) is 43.5 Å². The number of aryl methyl sites for hydroxylation is 1. The van der Waals surface area contributed by atoms with Crippen LogP contribution in [0.1, 0.15) is 24.8 Å². The Labute approximate surface area is 208 Å². The maximum Gasteiger partial charge on any atom is 0.573 e. The molecule has 7 nitrogen and oxygen atoms in total. The van der Waals surface area contributed by atoms with Crippen LogP contribution in [0.3, 0.4) is 0 Å². The Morgan fingerprint density at radius 3 is 2.56 bits per heavy atom. The average molecular weight is 504 g/mol. The van der Waals surface area contributed by atoms with Gasteiger partial charge in [-0.25, -0.2) is 0 Å². The molecule has 2 aromatic carbocycles. The monoisotopic (exact) mass is 503 g/mol. The van der Waals surface area contributed by atoms with Crippen molar-refractivity contribution in [2.24, 2.45) is 5.73 Å². The number of hydrogen-bond acceptors (Lipinski definition) is 5. The van der Waals surface area contributed by atoms with Gasteiger partial charge in [-0.1, -0.05) is 18.2 Å². The fraction of sp³-hybridized carbons (Fsp3) is 0.423. The molecule has 10 heteroatoms. The van der Waals surface area contributed by atoms with Crippen LogP contribution >= 0.6 is 0 Å². The minimum atomic E-state index is -4.73. The number of carbonyl (C=O) groups is 1. The predicted octanol–water partition coefficient (Wildman–Crippen LogP) is 3.51. The zero-order valence-electron chi connectivity index (χ0n) is 20.3. The van der Waals surface area contributed by atoms with Gasteiger partial charge in [0.2, 0.25) is 5.91 Å². The zero-order valence-corrected chi connectivity index (χ0v) is 20.3. The first-order chi connectivity index (χ1) is 17.2. The smallest absolute Gasteiger partial charge is 0.406 e. The Kier molecular flexibility index (Phi) is 7.87. The van der Waals surface area contributed by atoms with Gasteiger partial charge in [-0.3, -0.25) is 4.79 Å². The van der Waals surface area contributed by atoms with Crippen molar-refractivity contribution in [3.05, 3.63) is 54.2 Å². The molecule has 1 aliphatic heterocycles. The molecule has 0 bridgehead atoms. The van der Waals surface area contributed by atoms with Crippen LogP contribution in [0.4, 0.5) is 13.2 Å². The number of rotatable bonds is 9. The van der Waals surface area contributed by atoms with Crippen LogP contribution in [0.5, 0.6) is 5.75 Å².